The Morgan fingerprint density at radius 2 is 2.21 bits per heavy atom. The summed E-state index contributed by atoms with van der Waals surface area (Å²) < 4.78 is 1.06. The molecule has 5 heteroatoms. The number of hydrogen-bond acceptors (Lipinski definition) is 2. The van der Waals surface area contributed by atoms with Crippen LogP contribution in [0.1, 0.15) is 25.3 Å². The Kier molecular flexibility index (Phi) is 5.83. The SMILES string of the molecule is Cc1cc(NC(=O)C2(C)CCCNC2)ccc1Br.Cl. The molecule has 1 aromatic rings. The summed E-state index contributed by atoms with van der Waals surface area (Å²) in [4.78, 5) is 12.3. The predicted molar refractivity (Wildman–Crippen MR) is 85.0 cm³/mol. The summed E-state index contributed by atoms with van der Waals surface area (Å²) in [5, 5.41) is 6.31. The van der Waals surface area contributed by atoms with Crippen LogP contribution in [-0.2, 0) is 4.79 Å². The normalized spacial score (nSPS) is 22.5. The van der Waals surface area contributed by atoms with Crippen molar-refractivity contribution in [3.8, 4) is 0 Å². The van der Waals surface area contributed by atoms with Crippen molar-refractivity contribution in [3.05, 3.63) is 28.2 Å². The topological polar surface area (TPSA) is 41.1 Å². The summed E-state index contributed by atoms with van der Waals surface area (Å²) in [5.41, 5.74) is 1.70. The fraction of sp³-hybridized carbons (Fsp3) is 0.500. The van der Waals surface area contributed by atoms with Crippen LogP contribution in [0.25, 0.3) is 0 Å². The number of amides is 1. The van der Waals surface area contributed by atoms with Gasteiger partial charge in [-0.3, -0.25) is 4.79 Å². The molecule has 0 aliphatic carbocycles. The van der Waals surface area contributed by atoms with Gasteiger partial charge in [0.15, 0.2) is 0 Å². The first kappa shape index (κ1) is 16.5. The number of benzene rings is 1. The third-order valence-corrected chi connectivity index (χ3v) is 4.45. The lowest BCUT2D eigenvalue weighted by Crippen LogP contribution is -2.46. The highest BCUT2D eigenvalue weighted by Gasteiger charge is 2.34. The van der Waals surface area contributed by atoms with Crippen LogP contribution in [0.5, 0.6) is 0 Å². The number of carbonyl (C=O) groups is 1. The Morgan fingerprint density at radius 1 is 1.47 bits per heavy atom. The summed E-state index contributed by atoms with van der Waals surface area (Å²) in [7, 11) is 0. The van der Waals surface area contributed by atoms with Crippen molar-refractivity contribution < 1.29 is 4.79 Å². The Bertz CT molecular complexity index is 459. The van der Waals surface area contributed by atoms with Gasteiger partial charge in [0.2, 0.25) is 5.91 Å². The molecule has 2 N–H and O–H groups in total. The van der Waals surface area contributed by atoms with Gasteiger partial charge in [0, 0.05) is 16.7 Å². The monoisotopic (exact) mass is 346 g/mol. The van der Waals surface area contributed by atoms with Gasteiger partial charge in [0.25, 0.3) is 0 Å². The molecule has 1 unspecified atom stereocenters. The predicted octanol–water partition coefficient (Wildman–Crippen LogP) is 3.51. The Hall–Kier alpha value is -0.580. The molecule has 1 heterocycles. The lowest BCUT2D eigenvalue weighted by molar-refractivity contribution is -0.125. The lowest BCUT2D eigenvalue weighted by atomic mass is 9.82. The van der Waals surface area contributed by atoms with Crippen molar-refractivity contribution in [3.63, 3.8) is 0 Å². The Balaban J connectivity index is 0.00000180. The van der Waals surface area contributed by atoms with Crippen molar-refractivity contribution in [2.24, 2.45) is 5.41 Å². The number of hydrogen-bond donors (Lipinski definition) is 2. The molecular weight excluding hydrogens is 328 g/mol. The third-order valence-electron chi connectivity index (χ3n) is 3.56. The zero-order valence-corrected chi connectivity index (χ0v) is 13.7. The van der Waals surface area contributed by atoms with E-state index >= 15 is 0 Å². The maximum Gasteiger partial charge on any atom is 0.231 e. The van der Waals surface area contributed by atoms with E-state index in [-0.39, 0.29) is 23.7 Å². The van der Waals surface area contributed by atoms with Gasteiger partial charge in [0.1, 0.15) is 0 Å². The van der Waals surface area contributed by atoms with Gasteiger partial charge in [-0.05, 0) is 57.0 Å². The summed E-state index contributed by atoms with van der Waals surface area (Å²) in [5.74, 6) is 0.108. The second-order valence-corrected chi connectivity index (χ2v) is 6.11. The fourth-order valence-electron chi connectivity index (χ4n) is 2.25. The fourth-order valence-corrected chi connectivity index (χ4v) is 2.50. The van der Waals surface area contributed by atoms with Gasteiger partial charge in [0.05, 0.1) is 5.41 Å². The number of aryl methyl sites for hydroxylation is 1. The number of nitrogens with one attached hydrogen (secondary N) is 2. The van der Waals surface area contributed by atoms with E-state index in [4.69, 9.17) is 0 Å². The van der Waals surface area contributed by atoms with Crippen LogP contribution in [0.4, 0.5) is 5.69 Å². The van der Waals surface area contributed by atoms with Crippen LogP contribution in [-0.4, -0.2) is 19.0 Å². The standard InChI is InChI=1S/C14H19BrN2O.ClH/c1-10-8-11(4-5-12(10)15)17-13(18)14(2)6-3-7-16-9-14;/h4-5,8,16H,3,6-7,9H2,1-2H3,(H,17,18);1H. The van der Waals surface area contributed by atoms with Gasteiger partial charge in [-0.1, -0.05) is 15.9 Å². The molecule has 1 amide bonds. The van der Waals surface area contributed by atoms with Gasteiger partial charge in [-0.15, -0.1) is 12.4 Å². The average Bonchev–Trinajstić information content (AvgIpc) is 2.35. The van der Waals surface area contributed by atoms with E-state index in [1.807, 2.05) is 32.0 Å². The van der Waals surface area contributed by atoms with E-state index in [9.17, 15) is 4.79 Å². The second-order valence-electron chi connectivity index (χ2n) is 5.26. The van der Waals surface area contributed by atoms with E-state index in [1.165, 1.54) is 0 Å². The molecule has 0 saturated carbocycles. The molecule has 1 aromatic carbocycles. The molecule has 0 radical (unpaired) electrons. The molecule has 2 rings (SSSR count). The first-order valence-corrected chi connectivity index (χ1v) is 7.09. The van der Waals surface area contributed by atoms with E-state index in [2.05, 4.69) is 26.6 Å². The quantitative estimate of drug-likeness (QED) is 0.859. The maximum absolute atomic E-state index is 12.3. The van der Waals surface area contributed by atoms with Gasteiger partial charge in [-0.2, -0.15) is 0 Å². The minimum absolute atomic E-state index is 0. The maximum atomic E-state index is 12.3. The Morgan fingerprint density at radius 3 is 2.79 bits per heavy atom. The first-order chi connectivity index (χ1) is 8.51. The molecule has 106 valence electrons. The number of anilines is 1. The van der Waals surface area contributed by atoms with Crippen molar-refractivity contribution in [1.82, 2.24) is 5.32 Å². The zero-order chi connectivity index (χ0) is 13.2. The van der Waals surface area contributed by atoms with Crippen molar-refractivity contribution in [2.45, 2.75) is 26.7 Å². The average molecular weight is 348 g/mol. The Labute approximate surface area is 129 Å². The van der Waals surface area contributed by atoms with Crippen LogP contribution in [0.2, 0.25) is 0 Å². The molecule has 1 aliphatic heterocycles. The highest BCUT2D eigenvalue weighted by molar-refractivity contribution is 9.10. The third kappa shape index (κ3) is 3.94. The summed E-state index contributed by atoms with van der Waals surface area (Å²) in [6, 6.07) is 5.88. The van der Waals surface area contributed by atoms with E-state index in [1.54, 1.807) is 0 Å². The minimum atomic E-state index is -0.292. The van der Waals surface area contributed by atoms with Crippen LogP contribution >= 0.6 is 28.3 Å². The molecule has 1 saturated heterocycles. The van der Waals surface area contributed by atoms with Gasteiger partial charge < -0.3 is 10.6 Å². The molecule has 0 aromatic heterocycles. The summed E-state index contributed by atoms with van der Waals surface area (Å²) >= 11 is 3.46. The van der Waals surface area contributed by atoms with Gasteiger partial charge in [-0.25, -0.2) is 0 Å². The summed E-state index contributed by atoms with van der Waals surface area (Å²) in [6.45, 7) is 5.82. The van der Waals surface area contributed by atoms with Crippen molar-refractivity contribution >= 4 is 39.9 Å². The number of piperidine rings is 1. The highest BCUT2D eigenvalue weighted by atomic mass is 79.9. The smallest absolute Gasteiger partial charge is 0.231 e. The number of carbonyl (C=O) groups excluding carboxylic acids is 1. The molecule has 19 heavy (non-hydrogen) atoms. The molecule has 0 spiro atoms. The minimum Gasteiger partial charge on any atom is -0.326 e. The second kappa shape index (κ2) is 6.73. The van der Waals surface area contributed by atoms with E-state index in [0.717, 1.165) is 41.7 Å². The number of rotatable bonds is 2. The number of halogens is 2. The van der Waals surface area contributed by atoms with Crippen LogP contribution in [0, 0.1) is 12.3 Å². The molecule has 0 bridgehead atoms. The molecule has 1 fully saturated rings. The van der Waals surface area contributed by atoms with E-state index < -0.39 is 0 Å². The molecule has 3 nitrogen and oxygen atoms in total. The first-order valence-electron chi connectivity index (χ1n) is 6.30. The summed E-state index contributed by atoms with van der Waals surface area (Å²) in [6.07, 6.45) is 2.00. The van der Waals surface area contributed by atoms with Crippen LogP contribution in [0.15, 0.2) is 22.7 Å². The molecule has 1 aliphatic rings. The van der Waals surface area contributed by atoms with Crippen molar-refractivity contribution in [2.75, 3.05) is 18.4 Å². The van der Waals surface area contributed by atoms with Crippen molar-refractivity contribution in [1.29, 1.82) is 0 Å². The highest BCUT2D eigenvalue weighted by Crippen LogP contribution is 2.28. The molecule has 1 atom stereocenters. The van der Waals surface area contributed by atoms with Crippen LogP contribution < -0.4 is 10.6 Å². The zero-order valence-electron chi connectivity index (χ0n) is 11.3. The molecular formula is C14H20BrClN2O. The van der Waals surface area contributed by atoms with Crippen LogP contribution in [0.3, 0.4) is 0 Å². The van der Waals surface area contributed by atoms with E-state index in [0.29, 0.717) is 0 Å². The lowest BCUT2D eigenvalue weighted by Gasteiger charge is -2.32. The van der Waals surface area contributed by atoms with Gasteiger partial charge >= 0.3 is 0 Å². The largest absolute Gasteiger partial charge is 0.326 e.